The molecule has 0 atom stereocenters. The zero-order valence-corrected chi connectivity index (χ0v) is 8.53. The predicted molar refractivity (Wildman–Crippen MR) is 50.1 cm³/mol. The second kappa shape index (κ2) is 3.43. The minimum Gasteiger partial charge on any atom is -0.388 e. The Hall–Kier alpha value is -0.580. The molecule has 0 aliphatic rings. The van der Waals surface area contributed by atoms with Crippen molar-refractivity contribution in [1.29, 1.82) is 5.41 Å². The lowest BCUT2D eigenvalue weighted by atomic mass is 10.3. The van der Waals surface area contributed by atoms with Crippen LogP contribution in [0.1, 0.15) is 27.2 Å². The van der Waals surface area contributed by atoms with E-state index in [1.807, 2.05) is 0 Å². The third-order valence-corrected chi connectivity index (χ3v) is 4.18. The van der Waals surface area contributed by atoms with Gasteiger partial charge in [0.15, 0.2) is 9.84 Å². The zero-order valence-electron chi connectivity index (χ0n) is 7.72. The van der Waals surface area contributed by atoms with Gasteiger partial charge in [-0.3, -0.25) is 5.41 Å². The van der Waals surface area contributed by atoms with Gasteiger partial charge in [-0.2, -0.15) is 0 Å². The summed E-state index contributed by atoms with van der Waals surface area (Å²) in [6.45, 7) is 4.92. The molecule has 0 saturated heterocycles. The highest BCUT2D eigenvalue weighted by Gasteiger charge is 2.28. The standard InChI is InChI=1S/C7H16N2O2S/c1-7(2,3)12(10,11)5-4-6(8)9/h4-5H2,1-3H3,(H3,8,9). The largest absolute Gasteiger partial charge is 0.388 e. The highest BCUT2D eigenvalue weighted by Crippen LogP contribution is 2.16. The van der Waals surface area contributed by atoms with Gasteiger partial charge < -0.3 is 5.73 Å². The number of hydrogen-bond donors (Lipinski definition) is 2. The molecule has 0 aromatic carbocycles. The normalized spacial score (nSPS) is 12.9. The van der Waals surface area contributed by atoms with Gasteiger partial charge in [0.2, 0.25) is 0 Å². The molecule has 5 heteroatoms. The van der Waals surface area contributed by atoms with Crippen molar-refractivity contribution in [3.8, 4) is 0 Å². The molecular weight excluding hydrogens is 176 g/mol. The van der Waals surface area contributed by atoms with Crippen molar-refractivity contribution in [1.82, 2.24) is 0 Å². The number of sulfone groups is 1. The molecule has 0 aliphatic heterocycles. The maximum atomic E-state index is 11.4. The van der Waals surface area contributed by atoms with E-state index < -0.39 is 14.6 Å². The van der Waals surface area contributed by atoms with Crippen LogP contribution in [0.3, 0.4) is 0 Å². The van der Waals surface area contributed by atoms with E-state index in [4.69, 9.17) is 11.1 Å². The minimum absolute atomic E-state index is 0.0359. The monoisotopic (exact) mass is 192 g/mol. The maximum absolute atomic E-state index is 11.4. The van der Waals surface area contributed by atoms with Gasteiger partial charge >= 0.3 is 0 Å². The minimum atomic E-state index is -3.11. The summed E-state index contributed by atoms with van der Waals surface area (Å²) in [4.78, 5) is 0. The Bertz CT molecular complexity index is 262. The lowest BCUT2D eigenvalue weighted by Gasteiger charge is -2.18. The number of amidine groups is 1. The third-order valence-electron chi connectivity index (χ3n) is 1.57. The van der Waals surface area contributed by atoms with E-state index in [-0.39, 0.29) is 18.0 Å². The smallest absolute Gasteiger partial charge is 0.155 e. The van der Waals surface area contributed by atoms with Crippen LogP contribution in [-0.2, 0) is 9.84 Å². The highest BCUT2D eigenvalue weighted by atomic mass is 32.2. The summed E-state index contributed by atoms with van der Waals surface area (Å²) < 4.78 is 22.1. The first-order chi connectivity index (χ1) is 5.17. The van der Waals surface area contributed by atoms with Gasteiger partial charge in [0, 0.05) is 6.42 Å². The molecule has 0 unspecified atom stereocenters. The van der Waals surface area contributed by atoms with E-state index in [1.165, 1.54) is 0 Å². The van der Waals surface area contributed by atoms with Crippen LogP contribution in [0.4, 0.5) is 0 Å². The van der Waals surface area contributed by atoms with E-state index in [9.17, 15) is 8.42 Å². The molecular formula is C7H16N2O2S. The van der Waals surface area contributed by atoms with Crippen molar-refractivity contribution in [2.24, 2.45) is 5.73 Å². The fourth-order valence-corrected chi connectivity index (χ4v) is 1.65. The number of nitrogens with two attached hydrogens (primary N) is 1. The quantitative estimate of drug-likeness (QED) is 0.505. The van der Waals surface area contributed by atoms with E-state index in [2.05, 4.69) is 0 Å². The molecule has 3 N–H and O–H groups in total. The first-order valence-corrected chi connectivity index (χ1v) is 5.37. The van der Waals surface area contributed by atoms with Crippen LogP contribution >= 0.6 is 0 Å². The molecule has 0 rings (SSSR count). The Labute approximate surface area is 73.6 Å². The topological polar surface area (TPSA) is 84.0 Å². The van der Waals surface area contributed by atoms with Gasteiger partial charge in [0.25, 0.3) is 0 Å². The van der Waals surface area contributed by atoms with Crippen molar-refractivity contribution < 1.29 is 8.42 Å². The van der Waals surface area contributed by atoms with Crippen LogP contribution in [0.5, 0.6) is 0 Å². The number of rotatable bonds is 3. The first-order valence-electron chi connectivity index (χ1n) is 3.72. The van der Waals surface area contributed by atoms with Crippen LogP contribution in [0.15, 0.2) is 0 Å². The Kier molecular flexibility index (Phi) is 3.26. The molecule has 4 nitrogen and oxygen atoms in total. The van der Waals surface area contributed by atoms with Crippen molar-refractivity contribution in [3.63, 3.8) is 0 Å². The van der Waals surface area contributed by atoms with E-state index in [0.717, 1.165) is 0 Å². The SMILES string of the molecule is CC(C)(C)S(=O)(=O)CCC(=N)N. The Balaban J connectivity index is 4.37. The van der Waals surface area contributed by atoms with Gasteiger partial charge in [0.1, 0.15) is 0 Å². The van der Waals surface area contributed by atoms with Gasteiger partial charge in [-0.15, -0.1) is 0 Å². The fourth-order valence-electron chi connectivity index (χ4n) is 0.551. The summed E-state index contributed by atoms with van der Waals surface area (Å²) in [5.41, 5.74) is 5.06. The summed E-state index contributed by atoms with van der Waals surface area (Å²) in [6.07, 6.45) is 0.125. The van der Waals surface area contributed by atoms with Crippen LogP contribution in [0.25, 0.3) is 0 Å². The van der Waals surface area contributed by atoms with Crippen LogP contribution in [0.2, 0.25) is 0 Å². The van der Waals surface area contributed by atoms with E-state index in [0.29, 0.717) is 0 Å². The van der Waals surface area contributed by atoms with Crippen LogP contribution in [0, 0.1) is 5.41 Å². The fraction of sp³-hybridized carbons (Fsp3) is 0.857. The molecule has 0 radical (unpaired) electrons. The average Bonchev–Trinajstić information content (AvgIpc) is 1.81. The van der Waals surface area contributed by atoms with Crippen LogP contribution in [-0.4, -0.2) is 24.8 Å². The summed E-state index contributed by atoms with van der Waals surface area (Å²) in [5, 5.41) is 6.89. The Morgan fingerprint density at radius 3 is 2.08 bits per heavy atom. The van der Waals surface area contributed by atoms with Crippen LogP contribution < -0.4 is 5.73 Å². The predicted octanol–water partition coefficient (Wildman–Crippen LogP) is 0.526. The zero-order chi connectivity index (χ0) is 9.99. The third kappa shape index (κ3) is 3.21. The second-order valence-corrected chi connectivity index (χ2v) is 6.57. The summed E-state index contributed by atoms with van der Waals surface area (Å²) in [7, 11) is -3.11. The number of nitrogens with one attached hydrogen (secondary N) is 1. The number of hydrogen-bond acceptors (Lipinski definition) is 3. The van der Waals surface area contributed by atoms with E-state index >= 15 is 0 Å². The average molecular weight is 192 g/mol. The Morgan fingerprint density at radius 2 is 1.83 bits per heavy atom. The maximum Gasteiger partial charge on any atom is 0.155 e. The van der Waals surface area contributed by atoms with Crippen molar-refractivity contribution in [2.75, 3.05) is 5.75 Å². The summed E-state index contributed by atoms with van der Waals surface area (Å²) in [5.74, 6) is -0.117. The lowest BCUT2D eigenvalue weighted by Crippen LogP contribution is -2.31. The van der Waals surface area contributed by atoms with Crippen molar-refractivity contribution in [2.45, 2.75) is 31.9 Å². The molecule has 0 aromatic rings. The lowest BCUT2D eigenvalue weighted by molar-refractivity contribution is 0.560. The van der Waals surface area contributed by atoms with Gasteiger partial charge in [-0.05, 0) is 20.8 Å². The molecule has 12 heavy (non-hydrogen) atoms. The molecule has 72 valence electrons. The molecule has 0 spiro atoms. The molecule has 0 amide bonds. The van der Waals surface area contributed by atoms with Gasteiger partial charge in [-0.25, -0.2) is 8.42 Å². The van der Waals surface area contributed by atoms with Crippen molar-refractivity contribution >= 4 is 15.7 Å². The van der Waals surface area contributed by atoms with E-state index in [1.54, 1.807) is 20.8 Å². The molecule has 0 aliphatic carbocycles. The summed E-state index contributed by atoms with van der Waals surface area (Å²) >= 11 is 0. The summed E-state index contributed by atoms with van der Waals surface area (Å²) in [6, 6.07) is 0. The second-order valence-electron chi connectivity index (χ2n) is 3.71. The Morgan fingerprint density at radius 1 is 1.42 bits per heavy atom. The van der Waals surface area contributed by atoms with Crippen molar-refractivity contribution in [3.05, 3.63) is 0 Å². The first kappa shape index (κ1) is 11.4. The molecule has 0 aromatic heterocycles. The highest BCUT2D eigenvalue weighted by molar-refractivity contribution is 7.92. The molecule has 0 saturated carbocycles. The molecule has 0 bridgehead atoms. The van der Waals surface area contributed by atoms with Gasteiger partial charge in [-0.1, -0.05) is 0 Å². The molecule has 0 heterocycles. The van der Waals surface area contributed by atoms with Gasteiger partial charge in [0.05, 0.1) is 16.3 Å². The molecule has 0 fully saturated rings.